The van der Waals surface area contributed by atoms with Crippen molar-refractivity contribution < 1.29 is 19.5 Å². The number of amides is 2. The Kier molecular flexibility index (Phi) is 7.82. The first-order valence-electron chi connectivity index (χ1n) is 7.32. The van der Waals surface area contributed by atoms with Crippen LogP contribution in [0.1, 0.15) is 12.1 Å². The van der Waals surface area contributed by atoms with Gasteiger partial charge in [-0.3, -0.25) is 14.4 Å². The van der Waals surface area contributed by atoms with Gasteiger partial charge in [-0.05, 0) is 0 Å². The SMILES string of the molecule is NCC(CN)NC(=O)C(Cc1cnc[nH]1)NC(=O)CC(N)C(=O)O. The van der Waals surface area contributed by atoms with E-state index < -0.39 is 42.3 Å². The molecule has 24 heavy (non-hydrogen) atoms. The predicted molar refractivity (Wildman–Crippen MR) is 84.5 cm³/mol. The molecule has 1 aromatic heterocycles. The smallest absolute Gasteiger partial charge is 0.321 e. The molecule has 0 radical (unpaired) electrons. The lowest BCUT2D eigenvalue weighted by Crippen LogP contribution is -2.54. The molecule has 10 N–H and O–H groups in total. The molecule has 0 saturated carbocycles. The molecule has 0 aliphatic rings. The summed E-state index contributed by atoms with van der Waals surface area (Å²) in [6.07, 6.45) is 2.65. The second-order valence-electron chi connectivity index (χ2n) is 5.23. The van der Waals surface area contributed by atoms with Crippen LogP contribution in [-0.4, -0.2) is 64.1 Å². The summed E-state index contributed by atoms with van der Waals surface area (Å²) in [6.45, 7) is 0.299. The van der Waals surface area contributed by atoms with Crippen LogP contribution in [0, 0.1) is 0 Å². The average Bonchev–Trinajstić information content (AvgIpc) is 3.04. The van der Waals surface area contributed by atoms with E-state index in [9.17, 15) is 14.4 Å². The molecule has 2 amide bonds. The lowest BCUT2D eigenvalue weighted by molar-refractivity contribution is -0.140. The third-order valence-corrected chi connectivity index (χ3v) is 3.27. The van der Waals surface area contributed by atoms with Gasteiger partial charge in [-0.2, -0.15) is 0 Å². The largest absolute Gasteiger partial charge is 0.480 e. The molecule has 2 atom stereocenters. The van der Waals surface area contributed by atoms with E-state index in [1.54, 1.807) is 0 Å². The van der Waals surface area contributed by atoms with Gasteiger partial charge >= 0.3 is 5.97 Å². The fraction of sp³-hybridized carbons (Fsp3) is 0.538. The molecule has 11 heteroatoms. The Labute approximate surface area is 138 Å². The van der Waals surface area contributed by atoms with Gasteiger partial charge in [-0.1, -0.05) is 0 Å². The van der Waals surface area contributed by atoms with Gasteiger partial charge in [0.1, 0.15) is 12.1 Å². The zero-order chi connectivity index (χ0) is 18.1. The summed E-state index contributed by atoms with van der Waals surface area (Å²) in [4.78, 5) is 41.6. The summed E-state index contributed by atoms with van der Waals surface area (Å²) < 4.78 is 0. The van der Waals surface area contributed by atoms with Crippen LogP contribution in [0.2, 0.25) is 0 Å². The first kappa shape index (κ1) is 19.5. The number of nitrogens with one attached hydrogen (secondary N) is 3. The number of aromatic amines is 1. The Morgan fingerprint density at radius 3 is 2.42 bits per heavy atom. The maximum Gasteiger partial charge on any atom is 0.321 e. The summed E-state index contributed by atoms with van der Waals surface area (Å²) in [5.74, 6) is -2.43. The second kappa shape index (κ2) is 9.60. The number of imidazole rings is 1. The molecular formula is C13H23N7O4. The highest BCUT2D eigenvalue weighted by atomic mass is 16.4. The lowest BCUT2D eigenvalue weighted by Gasteiger charge is -2.22. The number of aliphatic carboxylic acids is 1. The highest BCUT2D eigenvalue weighted by Crippen LogP contribution is 2.01. The molecule has 0 aromatic carbocycles. The zero-order valence-electron chi connectivity index (χ0n) is 13.1. The Morgan fingerprint density at radius 1 is 1.25 bits per heavy atom. The molecule has 0 bridgehead atoms. The van der Waals surface area contributed by atoms with E-state index in [0.717, 1.165) is 0 Å². The molecule has 0 spiro atoms. The number of H-pyrrole nitrogens is 1. The Hall–Kier alpha value is -2.50. The van der Waals surface area contributed by atoms with Crippen LogP contribution in [0.25, 0.3) is 0 Å². The quantitative estimate of drug-likeness (QED) is 0.228. The number of aromatic nitrogens is 2. The van der Waals surface area contributed by atoms with Gasteiger partial charge in [0.05, 0.1) is 18.8 Å². The first-order chi connectivity index (χ1) is 11.4. The van der Waals surface area contributed by atoms with Gasteiger partial charge in [0.2, 0.25) is 11.8 Å². The lowest BCUT2D eigenvalue weighted by atomic mass is 10.1. The first-order valence-corrected chi connectivity index (χ1v) is 7.32. The van der Waals surface area contributed by atoms with E-state index >= 15 is 0 Å². The molecule has 134 valence electrons. The molecule has 0 aliphatic carbocycles. The second-order valence-corrected chi connectivity index (χ2v) is 5.23. The molecule has 0 saturated heterocycles. The van der Waals surface area contributed by atoms with Crippen molar-refractivity contribution in [2.75, 3.05) is 13.1 Å². The predicted octanol–water partition coefficient (Wildman–Crippen LogP) is -3.36. The van der Waals surface area contributed by atoms with Crippen LogP contribution < -0.4 is 27.8 Å². The van der Waals surface area contributed by atoms with Crippen LogP contribution in [0.15, 0.2) is 12.5 Å². The number of hydrogen-bond donors (Lipinski definition) is 7. The van der Waals surface area contributed by atoms with Crippen LogP contribution in [0.3, 0.4) is 0 Å². The van der Waals surface area contributed by atoms with Crippen LogP contribution in [0.4, 0.5) is 0 Å². The third-order valence-electron chi connectivity index (χ3n) is 3.27. The van der Waals surface area contributed by atoms with Gasteiger partial charge in [0.25, 0.3) is 0 Å². The maximum atomic E-state index is 12.3. The minimum Gasteiger partial charge on any atom is -0.480 e. The van der Waals surface area contributed by atoms with Crippen molar-refractivity contribution in [1.82, 2.24) is 20.6 Å². The van der Waals surface area contributed by atoms with Gasteiger partial charge in [-0.25, -0.2) is 4.98 Å². The highest BCUT2D eigenvalue weighted by molar-refractivity contribution is 5.90. The average molecular weight is 341 g/mol. The normalized spacial score (nSPS) is 13.3. The third kappa shape index (κ3) is 6.32. The number of carboxylic acid groups (broad SMARTS) is 1. The van der Waals surface area contributed by atoms with Crippen LogP contribution in [0.5, 0.6) is 0 Å². The number of nitrogens with zero attached hydrogens (tertiary/aromatic N) is 1. The van der Waals surface area contributed by atoms with Crippen LogP contribution >= 0.6 is 0 Å². The molecule has 1 heterocycles. The summed E-state index contributed by atoms with van der Waals surface area (Å²) in [7, 11) is 0. The molecule has 0 aliphatic heterocycles. The summed E-state index contributed by atoms with van der Waals surface area (Å²) in [5.41, 5.74) is 16.9. The molecular weight excluding hydrogens is 318 g/mol. The van der Waals surface area contributed by atoms with Crippen molar-refractivity contribution in [3.05, 3.63) is 18.2 Å². The van der Waals surface area contributed by atoms with Crippen molar-refractivity contribution in [2.45, 2.75) is 31.0 Å². The van der Waals surface area contributed by atoms with E-state index in [2.05, 4.69) is 20.6 Å². The number of carboxylic acids is 1. The van der Waals surface area contributed by atoms with E-state index in [4.69, 9.17) is 22.3 Å². The maximum absolute atomic E-state index is 12.3. The Morgan fingerprint density at radius 2 is 1.92 bits per heavy atom. The number of carbonyl (C=O) groups is 3. The van der Waals surface area contributed by atoms with E-state index in [-0.39, 0.29) is 19.5 Å². The van der Waals surface area contributed by atoms with Crippen molar-refractivity contribution in [3.8, 4) is 0 Å². The number of hydrogen-bond acceptors (Lipinski definition) is 7. The fourth-order valence-electron chi connectivity index (χ4n) is 1.88. The van der Waals surface area contributed by atoms with Crippen molar-refractivity contribution in [2.24, 2.45) is 17.2 Å². The Balaban J connectivity index is 2.75. The van der Waals surface area contributed by atoms with Gasteiger partial charge in [-0.15, -0.1) is 0 Å². The molecule has 11 nitrogen and oxygen atoms in total. The minimum atomic E-state index is -1.35. The van der Waals surface area contributed by atoms with Gasteiger partial charge in [0.15, 0.2) is 0 Å². The zero-order valence-corrected chi connectivity index (χ0v) is 13.1. The van der Waals surface area contributed by atoms with E-state index in [1.165, 1.54) is 12.5 Å². The molecule has 1 aromatic rings. The summed E-state index contributed by atoms with van der Waals surface area (Å²) >= 11 is 0. The molecule has 0 fully saturated rings. The number of nitrogens with two attached hydrogens (primary N) is 3. The van der Waals surface area contributed by atoms with Gasteiger partial charge in [0, 0.05) is 31.4 Å². The summed E-state index contributed by atoms with van der Waals surface area (Å²) in [6, 6.07) is -2.72. The molecule has 2 unspecified atom stereocenters. The van der Waals surface area contributed by atoms with Crippen molar-refractivity contribution in [3.63, 3.8) is 0 Å². The van der Waals surface area contributed by atoms with Crippen molar-refractivity contribution >= 4 is 17.8 Å². The monoisotopic (exact) mass is 341 g/mol. The minimum absolute atomic E-state index is 0.141. The fourth-order valence-corrected chi connectivity index (χ4v) is 1.88. The highest BCUT2D eigenvalue weighted by Gasteiger charge is 2.25. The Bertz CT molecular complexity index is 545. The van der Waals surface area contributed by atoms with Crippen molar-refractivity contribution in [1.29, 1.82) is 0 Å². The molecule has 1 rings (SSSR count). The van der Waals surface area contributed by atoms with Gasteiger partial charge < -0.3 is 37.9 Å². The topological polar surface area (TPSA) is 202 Å². The summed E-state index contributed by atoms with van der Waals surface area (Å²) in [5, 5.41) is 13.8. The number of rotatable bonds is 10. The van der Waals surface area contributed by atoms with Crippen LogP contribution in [-0.2, 0) is 20.8 Å². The van der Waals surface area contributed by atoms with E-state index in [0.29, 0.717) is 5.69 Å². The van der Waals surface area contributed by atoms with E-state index in [1.807, 2.05) is 0 Å². The number of carbonyl (C=O) groups excluding carboxylic acids is 2. The standard InChI is InChI=1S/C13H23N7O4/c14-3-8(4-15)19-12(22)10(1-7-5-17-6-18-7)20-11(21)2-9(16)13(23)24/h5-6,8-10H,1-4,14-16H2,(H,17,18)(H,19,22)(H,20,21)(H,23,24).